The quantitative estimate of drug-likeness (QED) is 0.408. The Bertz CT molecular complexity index is 226. The summed E-state index contributed by atoms with van der Waals surface area (Å²) in [7, 11) is 1.32. The van der Waals surface area contributed by atoms with E-state index in [1.54, 1.807) is 6.92 Å². The van der Waals surface area contributed by atoms with Gasteiger partial charge in [0.25, 0.3) is 0 Å². The van der Waals surface area contributed by atoms with Crippen molar-refractivity contribution >= 4 is 0 Å². The molecule has 0 aromatic carbocycles. The van der Waals surface area contributed by atoms with Gasteiger partial charge in [-0.1, -0.05) is 6.92 Å². The Morgan fingerprint density at radius 1 is 1.35 bits per heavy atom. The molecule has 102 valence electrons. The van der Waals surface area contributed by atoms with Gasteiger partial charge >= 0.3 is 0 Å². The maximum absolute atomic E-state index is 9.97. The van der Waals surface area contributed by atoms with Gasteiger partial charge in [0.1, 0.15) is 12.7 Å². The standard InChI is InChI=1S/C8H16NO8/c1-4-5(3-15-17-9(12)13)16-8(14-2)7(11)6(4)10/h4-8,10-12H,3H2,1-2H3/q-1. The van der Waals surface area contributed by atoms with Gasteiger partial charge in [0.05, 0.1) is 12.2 Å². The first-order valence-electron chi connectivity index (χ1n) is 4.97. The van der Waals surface area contributed by atoms with E-state index < -0.39 is 35.9 Å². The summed E-state index contributed by atoms with van der Waals surface area (Å²) in [5, 5.41) is 36.5. The molecule has 0 amide bonds. The van der Waals surface area contributed by atoms with Gasteiger partial charge in [0.2, 0.25) is 0 Å². The van der Waals surface area contributed by atoms with Crippen LogP contribution in [0.25, 0.3) is 0 Å². The zero-order valence-electron chi connectivity index (χ0n) is 9.42. The average molecular weight is 254 g/mol. The van der Waals surface area contributed by atoms with Crippen LogP contribution in [0.1, 0.15) is 6.92 Å². The highest BCUT2D eigenvalue weighted by molar-refractivity contribution is 4.86. The van der Waals surface area contributed by atoms with E-state index >= 15 is 0 Å². The molecule has 1 aliphatic rings. The first-order chi connectivity index (χ1) is 7.97. The van der Waals surface area contributed by atoms with Crippen molar-refractivity contribution in [2.45, 2.75) is 31.5 Å². The maximum Gasteiger partial charge on any atom is 0.186 e. The van der Waals surface area contributed by atoms with E-state index in [0.717, 1.165) is 0 Å². The molecule has 1 fully saturated rings. The molecule has 0 saturated carbocycles. The summed E-state index contributed by atoms with van der Waals surface area (Å²) in [5.74, 6) is -0.459. The topological polar surface area (TPSA) is 124 Å². The minimum atomic E-state index is -1.17. The second-order valence-corrected chi connectivity index (χ2v) is 3.72. The third kappa shape index (κ3) is 3.81. The molecule has 1 aliphatic heterocycles. The SMILES string of the molecule is COC1OC(COON([O-])O)C(C)C(O)C1O. The number of aliphatic hydroxyl groups is 2. The van der Waals surface area contributed by atoms with E-state index in [1.807, 2.05) is 0 Å². The minimum Gasteiger partial charge on any atom is -0.736 e. The van der Waals surface area contributed by atoms with Crippen LogP contribution in [-0.2, 0) is 19.3 Å². The Morgan fingerprint density at radius 2 is 2.00 bits per heavy atom. The lowest BCUT2D eigenvalue weighted by Crippen LogP contribution is -2.55. The van der Waals surface area contributed by atoms with Gasteiger partial charge in [0, 0.05) is 13.0 Å². The molecule has 0 radical (unpaired) electrons. The lowest BCUT2D eigenvalue weighted by Gasteiger charge is -2.40. The van der Waals surface area contributed by atoms with Crippen LogP contribution < -0.4 is 0 Å². The number of ether oxygens (including phenoxy) is 2. The van der Waals surface area contributed by atoms with E-state index in [1.165, 1.54) is 7.11 Å². The summed E-state index contributed by atoms with van der Waals surface area (Å²) in [6.07, 6.45) is -3.87. The molecular weight excluding hydrogens is 238 g/mol. The first kappa shape index (κ1) is 14.7. The summed E-state index contributed by atoms with van der Waals surface area (Å²) >= 11 is 0. The second-order valence-electron chi connectivity index (χ2n) is 3.72. The number of aliphatic hydroxyl groups excluding tert-OH is 2. The Labute approximate surface area is 97.5 Å². The van der Waals surface area contributed by atoms with Crippen molar-refractivity contribution in [3.63, 3.8) is 0 Å². The molecule has 3 N–H and O–H groups in total. The molecule has 0 aromatic heterocycles. The number of methoxy groups -OCH3 is 1. The van der Waals surface area contributed by atoms with Crippen molar-refractivity contribution in [1.29, 1.82) is 0 Å². The largest absolute Gasteiger partial charge is 0.736 e. The molecule has 5 atom stereocenters. The Kier molecular flexibility index (Phi) is 5.66. The lowest BCUT2D eigenvalue weighted by molar-refractivity contribution is -0.497. The average Bonchev–Trinajstić information content (AvgIpc) is 2.29. The maximum atomic E-state index is 9.97. The summed E-state index contributed by atoms with van der Waals surface area (Å²) in [6.45, 7) is 1.41. The molecule has 1 saturated heterocycles. The van der Waals surface area contributed by atoms with Crippen LogP contribution in [0, 0.1) is 11.1 Å². The fraction of sp³-hybridized carbons (Fsp3) is 1.00. The van der Waals surface area contributed by atoms with Crippen LogP contribution in [0.15, 0.2) is 0 Å². The number of rotatable bonds is 5. The molecule has 17 heavy (non-hydrogen) atoms. The van der Waals surface area contributed by atoms with Crippen molar-refractivity contribution in [1.82, 2.24) is 5.39 Å². The minimum absolute atomic E-state index is 0.218. The smallest absolute Gasteiger partial charge is 0.186 e. The third-order valence-electron chi connectivity index (χ3n) is 2.64. The Morgan fingerprint density at radius 3 is 2.53 bits per heavy atom. The van der Waals surface area contributed by atoms with Gasteiger partial charge in [-0.25, -0.2) is 4.89 Å². The zero-order chi connectivity index (χ0) is 13.0. The zero-order valence-corrected chi connectivity index (χ0v) is 9.42. The molecule has 0 spiro atoms. The highest BCUT2D eigenvalue weighted by Crippen LogP contribution is 2.26. The van der Waals surface area contributed by atoms with Crippen molar-refractivity contribution < 1.29 is 34.8 Å². The van der Waals surface area contributed by atoms with E-state index in [4.69, 9.17) is 14.7 Å². The molecule has 9 heteroatoms. The Balaban J connectivity index is 2.47. The fourth-order valence-electron chi connectivity index (χ4n) is 1.60. The number of nitrogens with zero attached hydrogens (tertiary/aromatic N) is 1. The molecular formula is C8H16NO8-. The van der Waals surface area contributed by atoms with Crippen LogP contribution in [0.4, 0.5) is 0 Å². The highest BCUT2D eigenvalue weighted by Gasteiger charge is 2.42. The lowest BCUT2D eigenvalue weighted by atomic mass is 9.91. The number of hydrogen-bond acceptors (Lipinski definition) is 9. The second kappa shape index (κ2) is 6.54. The van der Waals surface area contributed by atoms with Crippen molar-refractivity contribution in [2.24, 2.45) is 5.92 Å². The normalized spacial score (nSPS) is 38.6. The van der Waals surface area contributed by atoms with Crippen LogP contribution in [-0.4, -0.2) is 59.1 Å². The molecule has 0 aromatic rings. The summed E-state index contributed by atoms with van der Waals surface area (Å²) in [6, 6.07) is 0. The van der Waals surface area contributed by atoms with Gasteiger partial charge in [-0.05, 0) is 0 Å². The molecule has 1 heterocycles. The molecule has 5 unspecified atom stereocenters. The first-order valence-corrected chi connectivity index (χ1v) is 4.97. The van der Waals surface area contributed by atoms with E-state index in [9.17, 15) is 15.4 Å². The van der Waals surface area contributed by atoms with Gasteiger partial charge in [-0.15, -0.1) is 10.4 Å². The fourth-order valence-corrected chi connectivity index (χ4v) is 1.60. The molecule has 9 nitrogen and oxygen atoms in total. The predicted octanol–water partition coefficient (Wildman–Crippen LogP) is -1.23. The molecule has 0 aliphatic carbocycles. The van der Waals surface area contributed by atoms with Crippen molar-refractivity contribution in [2.75, 3.05) is 13.7 Å². The van der Waals surface area contributed by atoms with Gasteiger partial charge < -0.3 is 24.9 Å². The van der Waals surface area contributed by atoms with Crippen molar-refractivity contribution in [3.05, 3.63) is 5.21 Å². The third-order valence-corrected chi connectivity index (χ3v) is 2.64. The number of hydrogen-bond donors (Lipinski definition) is 3. The Hall–Kier alpha value is -0.360. The predicted molar refractivity (Wildman–Crippen MR) is 50.9 cm³/mol. The van der Waals surface area contributed by atoms with E-state index in [-0.39, 0.29) is 6.61 Å². The monoisotopic (exact) mass is 254 g/mol. The van der Waals surface area contributed by atoms with Gasteiger partial charge in [-0.2, -0.15) is 0 Å². The molecule has 1 rings (SSSR count). The highest BCUT2D eigenvalue weighted by atomic mass is 17.4. The van der Waals surface area contributed by atoms with Crippen LogP contribution >= 0.6 is 0 Å². The van der Waals surface area contributed by atoms with Crippen molar-refractivity contribution in [3.8, 4) is 0 Å². The molecule has 0 bridgehead atoms. The summed E-state index contributed by atoms with van der Waals surface area (Å²) < 4.78 is 10.1. The van der Waals surface area contributed by atoms with Gasteiger partial charge in [0.15, 0.2) is 6.29 Å². The summed E-state index contributed by atoms with van der Waals surface area (Å²) in [5.41, 5.74) is 0. The van der Waals surface area contributed by atoms with Crippen LogP contribution in [0.2, 0.25) is 0 Å². The van der Waals surface area contributed by atoms with E-state index in [2.05, 4.69) is 9.88 Å². The van der Waals surface area contributed by atoms with E-state index in [0.29, 0.717) is 0 Å². The van der Waals surface area contributed by atoms with Crippen LogP contribution in [0.5, 0.6) is 0 Å². The van der Waals surface area contributed by atoms with Crippen LogP contribution in [0.3, 0.4) is 0 Å². The van der Waals surface area contributed by atoms with Gasteiger partial charge in [-0.3, -0.25) is 5.21 Å². The summed E-state index contributed by atoms with van der Waals surface area (Å²) in [4.78, 5) is 8.16.